The summed E-state index contributed by atoms with van der Waals surface area (Å²) in [7, 11) is 0. The molecule has 1 saturated carbocycles. The van der Waals surface area contributed by atoms with Crippen LogP contribution in [0.3, 0.4) is 0 Å². The minimum absolute atomic E-state index is 0.103. The van der Waals surface area contributed by atoms with Crippen molar-refractivity contribution in [2.24, 2.45) is 0 Å². The number of amides is 2. The minimum atomic E-state index is -1.06. The van der Waals surface area contributed by atoms with Gasteiger partial charge >= 0.3 is 12.0 Å². The number of carboxylic acid groups (broad SMARTS) is 1. The first-order valence-electron chi connectivity index (χ1n) is 6.16. The van der Waals surface area contributed by atoms with Gasteiger partial charge in [0.15, 0.2) is 11.6 Å². The number of hydrogen-bond acceptors (Lipinski definition) is 2. The van der Waals surface area contributed by atoms with Crippen LogP contribution in [0.1, 0.15) is 25.7 Å². The third-order valence-corrected chi connectivity index (χ3v) is 3.36. The summed E-state index contributed by atoms with van der Waals surface area (Å²) in [4.78, 5) is 22.5. The molecule has 0 radical (unpaired) electrons. The predicted molar refractivity (Wildman–Crippen MR) is 67.3 cm³/mol. The second-order valence-corrected chi connectivity index (χ2v) is 4.91. The molecule has 0 atom stereocenters. The van der Waals surface area contributed by atoms with Crippen molar-refractivity contribution in [3.8, 4) is 0 Å². The fourth-order valence-electron chi connectivity index (χ4n) is 2.22. The van der Waals surface area contributed by atoms with Crippen LogP contribution in [0.5, 0.6) is 0 Å². The number of anilines is 1. The number of benzene rings is 1. The van der Waals surface area contributed by atoms with Crippen LogP contribution in [0.15, 0.2) is 18.2 Å². The molecule has 1 fully saturated rings. The molecule has 2 amide bonds. The summed E-state index contributed by atoms with van der Waals surface area (Å²) in [6.07, 6.45) is 1.87. The van der Waals surface area contributed by atoms with Gasteiger partial charge in [-0.25, -0.2) is 13.6 Å². The molecular formula is C13H14F2N2O3. The summed E-state index contributed by atoms with van der Waals surface area (Å²) in [5, 5.41) is 13.8. The van der Waals surface area contributed by atoms with Crippen molar-refractivity contribution in [2.45, 2.75) is 31.2 Å². The fraction of sp³-hybridized carbons (Fsp3) is 0.385. The number of carboxylic acids is 1. The van der Waals surface area contributed by atoms with Crippen molar-refractivity contribution in [3.05, 3.63) is 29.8 Å². The zero-order valence-corrected chi connectivity index (χ0v) is 10.6. The third-order valence-electron chi connectivity index (χ3n) is 3.36. The average Bonchev–Trinajstić information content (AvgIpc) is 2.30. The maximum absolute atomic E-state index is 13.0. The summed E-state index contributed by atoms with van der Waals surface area (Å²) in [6, 6.07) is 2.36. The van der Waals surface area contributed by atoms with E-state index in [1.54, 1.807) is 0 Å². The van der Waals surface area contributed by atoms with Crippen LogP contribution in [0.2, 0.25) is 0 Å². The Morgan fingerprint density at radius 3 is 2.45 bits per heavy atom. The molecule has 7 heteroatoms. The lowest BCUT2D eigenvalue weighted by Gasteiger charge is -2.41. The summed E-state index contributed by atoms with van der Waals surface area (Å²) in [6.45, 7) is 0. The molecule has 0 unspecified atom stereocenters. The van der Waals surface area contributed by atoms with E-state index in [1.807, 2.05) is 0 Å². The van der Waals surface area contributed by atoms with E-state index in [0.717, 1.165) is 18.6 Å². The van der Waals surface area contributed by atoms with Gasteiger partial charge in [-0.15, -0.1) is 0 Å². The van der Waals surface area contributed by atoms with Gasteiger partial charge in [0.2, 0.25) is 0 Å². The number of nitrogens with one attached hydrogen (secondary N) is 2. The zero-order valence-electron chi connectivity index (χ0n) is 10.6. The van der Waals surface area contributed by atoms with Crippen LogP contribution in [0, 0.1) is 11.6 Å². The SMILES string of the molecule is O=C(O)CC1(NC(=O)Nc2ccc(F)c(F)c2)CCC1. The Hall–Kier alpha value is -2.18. The largest absolute Gasteiger partial charge is 0.481 e. The number of aliphatic carboxylic acids is 1. The molecule has 1 aliphatic carbocycles. The quantitative estimate of drug-likeness (QED) is 0.794. The number of halogens is 2. The van der Waals surface area contributed by atoms with Gasteiger partial charge in [0.1, 0.15) is 0 Å². The molecule has 0 bridgehead atoms. The number of carbonyl (C=O) groups is 2. The van der Waals surface area contributed by atoms with E-state index < -0.39 is 29.2 Å². The van der Waals surface area contributed by atoms with Gasteiger partial charge in [0, 0.05) is 11.8 Å². The van der Waals surface area contributed by atoms with E-state index in [9.17, 15) is 18.4 Å². The lowest BCUT2D eigenvalue weighted by Crippen LogP contribution is -2.55. The molecule has 108 valence electrons. The van der Waals surface area contributed by atoms with Gasteiger partial charge in [-0.3, -0.25) is 4.79 Å². The Kier molecular flexibility index (Phi) is 3.87. The Labute approximate surface area is 114 Å². The lowest BCUT2D eigenvalue weighted by atomic mass is 9.74. The van der Waals surface area contributed by atoms with Crippen LogP contribution < -0.4 is 10.6 Å². The Morgan fingerprint density at radius 1 is 1.25 bits per heavy atom. The molecule has 20 heavy (non-hydrogen) atoms. The maximum atomic E-state index is 13.0. The van der Waals surface area contributed by atoms with Gasteiger partial charge in [-0.1, -0.05) is 0 Å². The Morgan fingerprint density at radius 2 is 1.95 bits per heavy atom. The highest BCUT2D eigenvalue weighted by Gasteiger charge is 2.40. The van der Waals surface area contributed by atoms with Crippen molar-refractivity contribution in [1.82, 2.24) is 5.32 Å². The van der Waals surface area contributed by atoms with Gasteiger partial charge in [0.25, 0.3) is 0 Å². The molecule has 2 rings (SSSR count). The summed E-state index contributed by atoms with van der Waals surface area (Å²) < 4.78 is 25.7. The molecule has 0 spiro atoms. The van der Waals surface area contributed by atoms with E-state index in [-0.39, 0.29) is 12.1 Å². The number of carbonyl (C=O) groups excluding carboxylic acids is 1. The van der Waals surface area contributed by atoms with E-state index in [1.165, 1.54) is 6.07 Å². The molecule has 1 aliphatic rings. The summed E-state index contributed by atoms with van der Waals surface area (Å²) in [5.74, 6) is -3.05. The van der Waals surface area contributed by atoms with Gasteiger partial charge < -0.3 is 15.7 Å². The number of rotatable bonds is 4. The normalized spacial score (nSPS) is 16.1. The third kappa shape index (κ3) is 3.23. The van der Waals surface area contributed by atoms with Crippen molar-refractivity contribution >= 4 is 17.7 Å². The first-order valence-corrected chi connectivity index (χ1v) is 6.16. The topological polar surface area (TPSA) is 78.4 Å². The van der Waals surface area contributed by atoms with Crippen molar-refractivity contribution in [1.29, 1.82) is 0 Å². The molecule has 0 saturated heterocycles. The van der Waals surface area contributed by atoms with E-state index in [4.69, 9.17) is 5.11 Å². The second kappa shape index (κ2) is 5.44. The van der Waals surface area contributed by atoms with Crippen molar-refractivity contribution in [2.75, 3.05) is 5.32 Å². The molecule has 5 nitrogen and oxygen atoms in total. The molecular weight excluding hydrogens is 270 g/mol. The van der Waals surface area contributed by atoms with Crippen LogP contribution in [0.25, 0.3) is 0 Å². The molecule has 3 N–H and O–H groups in total. The van der Waals surface area contributed by atoms with Gasteiger partial charge in [-0.2, -0.15) is 0 Å². The first kappa shape index (κ1) is 14.2. The van der Waals surface area contributed by atoms with E-state index in [0.29, 0.717) is 12.8 Å². The van der Waals surface area contributed by atoms with Crippen LogP contribution in [-0.2, 0) is 4.79 Å². The monoisotopic (exact) mass is 284 g/mol. The summed E-state index contributed by atoms with van der Waals surface area (Å²) in [5.41, 5.74) is -0.639. The highest BCUT2D eigenvalue weighted by Crippen LogP contribution is 2.34. The Bertz CT molecular complexity index is 544. The van der Waals surface area contributed by atoms with E-state index in [2.05, 4.69) is 10.6 Å². The van der Waals surface area contributed by atoms with E-state index >= 15 is 0 Å². The van der Waals surface area contributed by atoms with Crippen molar-refractivity contribution < 1.29 is 23.5 Å². The highest BCUT2D eigenvalue weighted by atomic mass is 19.2. The fourth-order valence-corrected chi connectivity index (χ4v) is 2.22. The van der Waals surface area contributed by atoms with Crippen molar-refractivity contribution in [3.63, 3.8) is 0 Å². The first-order chi connectivity index (χ1) is 9.40. The molecule has 0 aliphatic heterocycles. The Balaban J connectivity index is 1.97. The maximum Gasteiger partial charge on any atom is 0.319 e. The predicted octanol–water partition coefficient (Wildman–Crippen LogP) is 2.48. The van der Waals surface area contributed by atoms with Gasteiger partial charge in [-0.05, 0) is 31.4 Å². The molecule has 0 heterocycles. The molecule has 0 aromatic heterocycles. The van der Waals surface area contributed by atoms with Gasteiger partial charge in [0.05, 0.1) is 12.0 Å². The summed E-state index contributed by atoms with van der Waals surface area (Å²) >= 11 is 0. The average molecular weight is 284 g/mol. The van der Waals surface area contributed by atoms with Crippen LogP contribution >= 0.6 is 0 Å². The second-order valence-electron chi connectivity index (χ2n) is 4.91. The van der Waals surface area contributed by atoms with Crippen LogP contribution in [0.4, 0.5) is 19.3 Å². The minimum Gasteiger partial charge on any atom is -0.481 e. The zero-order chi connectivity index (χ0) is 14.8. The molecule has 1 aromatic carbocycles. The highest BCUT2D eigenvalue weighted by molar-refractivity contribution is 5.90. The smallest absolute Gasteiger partial charge is 0.319 e. The standard InChI is InChI=1S/C13H14F2N2O3/c14-9-3-2-8(6-10(9)15)16-12(20)17-13(4-1-5-13)7-11(18)19/h2-3,6H,1,4-5,7H2,(H,18,19)(H2,16,17,20). The number of urea groups is 1. The van der Waals surface area contributed by atoms with Crippen LogP contribution in [-0.4, -0.2) is 22.6 Å². The number of hydrogen-bond donors (Lipinski definition) is 3. The lowest BCUT2D eigenvalue weighted by molar-refractivity contribution is -0.139. The molecule has 1 aromatic rings.